The first kappa shape index (κ1) is 20.7. The van der Waals surface area contributed by atoms with Crippen LogP contribution in [0.4, 0.5) is 17.5 Å². The van der Waals surface area contributed by atoms with Crippen molar-refractivity contribution in [2.75, 3.05) is 24.3 Å². The molecule has 2 fully saturated rings. The Morgan fingerprint density at radius 1 is 1.27 bits per heavy atom. The standard InChI is InChI=1S/C22H25ClN4O3/c23-17-14-25-21(24)27-20(17)26-18-13-15(5-10-22(28)8-1-2-9-22)3-4-19(18)30-16-6-11-29-12-7-16/h3-4,13-14,16,28H,1-2,6-9,11-12H2,(H3,24,25,26,27). The fourth-order valence-corrected chi connectivity index (χ4v) is 3.79. The number of hydrogen-bond acceptors (Lipinski definition) is 7. The first-order chi connectivity index (χ1) is 14.5. The van der Waals surface area contributed by atoms with Gasteiger partial charge in [-0.1, -0.05) is 23.4 Å². The van der Waals surface area contributed by atoms with Crippen LogP contribution in [0.3, 0.4) is 0 Å². The molecule has 2 heterocycles. The minimum atomic E-state index is -0.894. The van der Waals surface area contributed by atoms with E-state index in [2.05, 4.69) is 27.1 Å². The number of aliphatic hydroxyl groups is 1. The van der Waals surface area contributed by atoms with Crippen molar-refractivity contribution in [2.24, 2.45) is 0 Å². The maximum absolute atomic E-state index is 10.5. The van der Waals surface area contributed by atoms with Crippen LogP contribution in [0.25, 0.3) is 0 Å². The molecule has 1 aliphatic heterocycles. The molecule has 0 amide bonds. The van der Waals surface area contributed by atoms with Crippen molar-refractivity contribution in [3.63, 3.8) is 0 Å². The fraction of sp³-hybridized carbons (Fsp3) is 0.455. The van der Waals surface area contributed by atoms with Gasteiger partial charge in [0, 0.05) is 18.4 Å². The Morgan fingerprint density at radius 3 is 2.80 bits per heavy atom. The average molecular weight is 429 g/mol. The van der Waals surface area contributed by atoms with E-state index in [0.717, 1.165) is 31.2 Å². The van der Waals surface area contributed by atoms with Gasteiger partial charge in [0.15, 0.2) is 5.82 Å². The molecule has 158 valence electrons. The Bertz CT molecular complexity index is 961. The number of nitrogens with one attached hydrogen (secondary N) is 1. The third-order valence-corrected chi connectivity index (χ3v) is 5.60. The van der Waals surface area contributed by atoms with Crippen LogP contribution in [0.2, 0.25) is 5.02 Å². The highest BCUT2D eigenvalue weighted by molar-refractivity contribution is 6.32. The molecule has 4 N–H and O–H groups in total. The highest BCUT2D eigenvalue weighted by Gasteiger charge is 2.28. The molecule has 1 aromatic heterocycles. The summed E-state index contributed by atoms with van der Waals surface area (Å²) in [5.74, 6) is 7.31. The number of nitrogens with two attached hydrogens (primary N) is 1. The third-order valence-electron chi connectivity index (χ3n) is 5.33. The highest BCUT2D eigenvalue weighted by Crippen LogP contribution is 2.33. The molecule has 1 aromatic carbocycles. The molecular formula is C22H25ClN4O3. The van der Waals surface area contributed by atoms with Crippen molar-refractivity contribution in [3.8, 4) is 17.6 Å². The van der Waals surface area contributed by atoms with Gasteiger partial charge in [-0.05, 0) is 43.9 Å². The summed E-state index contributed by atoms with van der Waals surface area (Å²) in [5, 5.41) is 14.1. The molecule has 2 aliphatic rings. The summed E-state index contributed by atoms with van der Waals surface area (Å²) in [6, 6.07) is 5.63. The molecule has 2 aromatic rings. The smallest absolute Gasteiger partial charge is 0.222 e. The summed E-state index contributed by atoms with van der Waals surface area (Å²) < 4.78 is 11.6. The number of benzene rings is 1. The molecule has 4 rings (SSSR count). The van der Waals surface area contributed by atoms with Gasteiger partial charge in [-0.2, -0.15) is 4.98 Å². The first-order valence-corrected chi connectivity index (χ1v) is 10.6. The molecule has 7 nitrogen and oxygen atoms in total. The minimum absolute atomic E-state index is 0.0707. The average Bonchev–Trinajstić information content (AvgIpc) is 3.18. The van der Waals surface area contributed by atoms with E-state index in [1.807, 2.05) is 18.2 Å². The number of aromatic nitrogens is 2. The van der Waals surface area contributed by atoms with Crippen molar-refractivity contribution in [1.29, 1.82) is 0 Å². The monoisotopic (exact) mass is 428 g/mol. The summed E-state index contributed by atoms with van der Waals surface area (Å²) in [7, 11) is 0. The van der Waals surface area contributed by atoms with Crippen LogP contribution in [0.5, 0.6) is 5.75 Å². The van der Waals surface area contributed by atoms with Crippen LogP contribution < -0.4 is 15.8 Å². The zero-order valence-corrected chi connectivity index (χ0v) is 17.4. The van der Waals surface area contributed by atoms with Crippen molar-refractivity contribution in [1.82, 2.24) is 9.97 Å². The Hall–Kier alpha value is -2.53. The predicted octanol–water partition coefficient (Wildman–Crippen LogP) is 3.67. The van der Waals surface area contributed by atoms with Gasteiger partial charge in [0.25, 0.3) is 0 Å². The topological polar surface area (TPSA) is 103 Å². The molecule has 0 bridgehead atoms. The molecule has 0 unspecified atom stereocenters. The lowest BCUT2D eigenvalue weighted by atomic mass is 10.0. The Kier molecular flexibility index (Phi) is 6.28. The first-order valence-electron chi connectivity index (χ1n) is 10.2. The van der Waals surface area contributed by atoms with Crippen LogP contribution in [0.15, 0.2) is 24.4 Å². The molecule has 1 aliphatic carbocycles. The Balaban J connectivity index is 1.63. The zero-order valence-electron chi connectivity index (χ0n) is 16.7. The van der Waals surface area contributed by atoms with E-state index in [4.69, 9.17) is 26.8 Å². The van der Waals surface area contributed by atoms with Gasteiger partial charge < -0.3 is 25.6 Å². The molecule has 1 saturated carbocycles. The maximum Gasteiger partial charge on any atom is 0.222 e. The van der Waals surface area contributed by atoms with E-state index in [-0.39, 0.29) is 12.1 Å². The van der Waals surface area contributed by atoms with E-state index in [0.29, 0.717) is 48.3 Å². The highest BCUT2D eigenvalue weighted by atomic mass is 35.5. The van der Waals surface area contributed by atoms with Crippen LogP contribution in [-0.4, -0.2) is 40.0 Å². The maximum atomic E-state index is 10.5. The lowest BCUT2D eigenvalue weighted by Gasteiger charge is -2.25. The van der Waals surface area contributed by atoms with Crippen molar-refractivity contribution < 1.29 is 14.6 Å². The Labute approximate surface area is 181 Å². The number of anilines is 3. The number of rotatable bonds is 4. The second kappa shape index (κ2) is 9.09. The van der Waals surface area contributed by atoms with Crippen LogP contribution >= 0.6 is 11.6 Å². The van der Waals surface area contributed by atoms with Gasteiger partial charge in [-0.15, -0.1) is 0 Å². The number of hydrogen-bond donors (Lipinski definition) is 3. The zero-order chi connectivity index (χ0) is 21.0. The molecule has 0 radical (unpaired) electrons. The number of nitrogen functional groups attached to an aromatic ring is 1. The van der Waals surface area contributed by atoms with Crippen LogP contribution in [-0.2, 0) is 4.74 Å². The quantitative estimate of drug-likeness (QED) is 0.638. The number of halogens is 1. The second-order valence-corrected chi connectivity index (χ2v) is 8.09. The van der Waals surface area contributed by atoms with E-state index >= 15 is 0 Å². The van der Waals surface area contributed by atoms with Gasteiger partial charge in [-0.3, -0.25) is 0 Å². The van der Waals surface area contributed by atoms with Crippen molar-refractivity contribution in [3.05, 3.63) is 35.0 Å². The SMILES string of the molecule is Nc1ncc(Cl)c(Nc2cc(C#CC3(O)CCCC3)ccc2OC2CCOCC2)n1. The fourth-order valence-electron chi connectivity index (χ4n) is 3.65. The summed E-state index contributed by atoms with van der Waals surface area (Å²) in [4.78, 5) is 8.07. The van der Waals surface area contributed by atoms with E-state index < -0.39 is 5.60 Å². The van der Waals surface area contributed by atoms with Gasteiger partial charge in [0.05, 0.1) is 25.1 Å². The number of ether oxygens (including phenoxy) is 2. The normalized spacial score (nSPS) is 18.5. The summed E-state index contributed by atoms with van der Waals surface area (Å²) >= 11 is 6.23. The van der Waals surface area contributed by atoms with Crippen LogP contribution in [0, 0.1) is 11.8 Å². The summed E-state index contributed by atoms with van der Waals surface area (Å²) in [5.41, 5.74) is 6.25. The van der Waals surface area contributed by atoms with Gasteiger partial charge in [0.2, 0.25) is 5.95 Å². The summed E-state index contributed by atoms with van der Waals surface area (Å²) in [6.07, 6.45) is 6.61. The lowest BCUT2D eigenvalue weighted by molar-refractivity contribution is 0.0258. The second-order valence-electron chi connectivity index (χ2n) is 7.68. The minimum Gasteiger partial charge on any atom is -0.488 e. The molecule has 0 spiro atoms. The van der Waals surface area contributed by atoms with E-state index in [1.165, 1.54) is 6.20 Å². The molecule has 1 saturated heterocycles. The molecule has 30 heavy (non-hydrogen) atoms. The largest absolute Gasteiger partial charge is 0.488 e. The third kappa shape index (κ3) is 5.14. The van der Waals surface area contributed by atoms with E-state index in [1.54, 1.807) is 0 Å². The lowest BCUT2D eigenvalue weighted by Crippen LogP contribution is -2.26. The van der Waals surface area contributed by atoms with Gasteiger partial charge >= 0.3 is 0 Å². The predicted molar refractivity (Wildman–Crippen MR) is 116 cm³/mol. The molecule has 0 atom stereocenters. The van der Waals surface area contributed by atoms with Crippen molar-refractivity contribution in [2.45, 2.75) is 50.2 Å². The van der Waals surface area contributed by atoms with Gasteiger partial charge in [0.1, 0.15) is 22.5 Å². The van der Waals surface area contributed by atoms with E-state index in [9.17, 15) is 5.11 Å². The molecule has 8 heteroatoms. The summed E-state index contributed by atoms with van der Waals surface area (Å²) in [6.45, 7) is 1.37. The Morgan fingerprint density at radius 2 is 2.03 bits per heavy atom. The van der Waals surface area contributed by atoms with Crippen LogP contribution in [0.1, 0.15) is 44.1 Å². The molecular weight excluding hydrogens is 404 g/mol. The van der Waals surface area contributed by atoms with Crippen molar-refractivity contribution >= 4 is 29.1 Å². The number of nitrogens with zero attached hydrogens (tertiary/aromatic N) is 2. The van der Waals surface area contributed by atoms with Gasteiger partial charge in [-0.25, -0.2) is 4.98 Å².